The normalized spacial score (nSPS) is 10.6. The highest BCUT2D eigenvalue weighted by atomic mass is 16.5. The molecule has 3 nitrogen and oxygen atoms in total. The monoisotopic (exact) mass is 382 g/mol. The van der Waals surface area contributed by atoms with Gasteiger partial charge in [-0.25, -0.2) is 4.79 Å². The van der Waals surface area contributed by atoms with Gasteiger partial charge in [0.1, 0.15) is 11.5 Å². The van der Waals surface area contributed by atoms with Gasteiger partial charge in [0.25, 0.3) is 0 Å². The number of hydrogen-bond donors (Lipinski definition) is 0. The van der Waals surface area contributed by atoms with Crippen molar-refractivity contribution in [3.05, 3.63) is 59.7 Å². The molecular weight excluding hydrogens is 348 g/mol. The van der Waals surface area contributed by atoms with E-state index in [0.717, 1.165) is 37.2 Å². The van der Waals surface area contributed by atoms with Crippen LogP contribution in [0, 0.1) is 0 Å². The molecule has 3 heteroatoms. The summed E-state index contributed by atoms with van der Waals surface area (Å²) < 4.78 is 11.4. The maximum absolute atomic E-state index is 12.5. The summed E-state index contributed by atoms with van der Waals surface area (Å²) in [5, 5.41) is 0. The number of ether oxygens (including phenoxy) is 2. The summed E-state index contributed by atoms with van der Waals surface area (Å²) in [5.74, 6) is 1.14. The van der Waals surface area contributed by atoms with Crippen molar-refractivity contribution in [2.75, 3.05) is 6.61 Å². The van der Waals surface area contributed by atoms with Crippen molar-refractivity contribution >= 4 is 5.97 Å². The van der Waals surface area contributed by atoms with Crippen LogP contribution in [0.1, 0.15) is 81.1 Å². The minimum absolute atomic E-state index is 0.325. The summed E-state index contributed by atoms with van der Waals surface area (Å²) in [6.07, 6.45) is 10.5. The molecule has 0 heterocycles. The third-order valence-corrected chi connectivity index (χ3v) is 4.83. The van der Waals surface area contributed by atoms with E-state index in [2.05, 4.69) is 13.8 Å². The molecule has 0 aliphatic heterocycles. The van der Waals surface area contributed by atoms with Crippen molar-refractivity contribution in [1.82, 2.24) is 0 Å². The SMILES string of the molecule is CCCCCCCOc1ccc(C(=O)Oc2ccccc2CCCCC)cc1. The molecule has 0 fully saturated rings. The first-order valence-electron chi connectivity index (χ1n) is 10.8. The molecule has 0 atom stereocenters. The van der Waals surface area contributed by atoms with Crippen LogP contribution < -0.4 is 9.47 Å². The molecule has 0 N–H and O–H groups in total. The van der Waals surface area contributed by atoms with E-state index >= 15 is 0 Å². The Bertz CT molecular complexity index is 691. The molecule has 0 radical (unpaired) electrons. The number of carbonyl (C=O) groups excluding carboxylic acids is 1. The standard InChI is InChI=1S/C25H34O3/c1-3-5-7-8-12-20-27-23-18-16-22(17-19-23)25(26)28-24-15-11-10-14-21(24)13-9-6-4-2/h10-11,14-19H,3-9,12-13,20H2,1-2H3. The lowest BCUT2D eigenvalue weighted by Crippen LogP contribution is -2.10. The molecule has 2 aromatic rings. The Balaban J connectivity index is 1.84. The van der Waals surface area contributed by atoms with Gasteiger partial charge in [0.2, 0.25) is 0 Å². The van der Waals surface area contributed by atoms with Crippen molar-refractivity contribution in [2.24, 2.45) is 0 Å². The van der Waals surface area contributed by atoms with Crippen molar-refractivity contribution in [3.8, 4) is 11.5 Å². The van der Waals surface area contributed by atoms with Crippen LogP contribution in [0.3, 0.4) is 0 Å². The summed E-state index contributed by atoms with van der Waals surface area (Å²) in [6.45, 7) is 5.12. The second-order valence-corrected chi connectivity index (χ2v) is 7.24. The van der Waals surface area contributed by atoms with Gasteiger partial charge in [-0.15, -0.1) is 0 Å². The Hall–Kier alpha value is -2.29. The Morgan fingerprint density at radius 2 is 1.46 bits per heavy atom. The van der Waals surface area contributed by atoms with Crippen LogP contribution in [-0.2, 0) is 6.42 Å². The van der Waals surface area contributed by atoms with Crippen molar-refractivity contribution in [1.29, 1.82) is 0 Å². The van der Waals surface area contributed by atoms with E-state index in [4.69, 9.17) is 9.47 Å². The van der Waals surface area contributed by atoms with Crippen LogP contribution in [-0.4, -0.2) is 12.6 Å². The number of rotatable bonds is 13. The van der Waals surface area contributed by atoms with Gasteiger partial charge in [0.15, 0.2) is 0 Å². The van der Waals surface area contributed by atoms with Gasteiger partial charge in [0.05, 0.1) is 12.2 Å². The highest BCUT2D eigenvalue weighted by Gasteiger charge is 2.11. The second kappa shape index (κ2) is 13.0. The fourth-order valence-corrected chi connectivity index (χ4v) is 3.12. The number of carbonyl (C=O) groups is 1. The van der Waals surface area contributed by atoms with Crippen LogP contribution >= 0.6 is 0 Å². The molecule has 0 aliphatic rings. The van der Waals surface area contributed by atoms with Gasteiger partial charge in [-0.05, 0) is 55.2 Å². The zero-order chi connectivity index (χ0) is 20.0. The van der Waals surface area contributed by atoms with Crippen LogP contribution in [0.5, 0.6) is 11.5 Å². The van der Waals surface area contributed by atoms with Gasteiger partial charge < -0.3 is 9.47 Å². The lowest BCUT2D eigenvalue weighted by Gasteiger charge is -2.10. The summed E-state index contributed by atoms with van der Waals surface area (Å²) in [4.78, 5) is 12.5. The van der Waals surface area contributed by atoms with Crippen molar-refractivity contribution in [3.63, 3.8) is 0 Å². The van der Waals surface area contributed by atoms with E-state index in [0.29, 0.717) is 11.3 Å². The fourth-order valence-electron chi connectivity index (χ4n) is 3.12. The molecule has 152 valence electrons. The Morgan fingerprint density at radius 3 is 2.21 bits per heavy atom. The molecule has 2 aromatic carbocycles. The van der Waals surface area contributed by atoms with Gasteiger partial charge in [-0.1, -0.05) is 70.6 Å². The molecule has 0 aliphatic carbocycles. The predicted molar refractivity (Wildman–Crippen MR) is 115 cm³/mol. The third kappa shape index (κ3) is 7.75. The van der Waals surface area contributed by atoms with Crippen LogP contribution in [0.15, 0.2) is 48.5 Å². The molecule has 0 unspecified atom stereocenters. The maximum Gasteiger partial charge on any atom is 0.343 e. The van der Waals surface area contributed by atoms with E-state index in [1.165, 1.54) is 38.5 Å². The molecule has 0 saturated carbocycles. The molecule has 0 spiro atoms. The van der Waals surface area contributed by atoms with E-state index in [9.17, 15) is 4.79 Å². The van der Waals surface area contributed by atoms with Gasteiger partial charge in [0, 0.05) is 0 Å². The number of benzene rings is 2. The smallest absolute Gasteiger partial charge is 0.343 e. The molecule has 0 amide bonds. The predicted octanol–water partition coefficient (Wildman–Crippen LogP) is 6.99. The molecule has 0 bridgehead atoms. The average molecular weight is 383 g/mol. The quantitative estimate of drug-likeness (QED) is 0.213. The maximum atomic E-state index is 12.5. The summed E-state index contributed by atoms with van der Waals surface area (Å²) >= 11 is 0. The summed E-state index contributed by atoms with van der Waals surface area (Å²) in [5.41, 5.74) is 1.63. The van der Waals surface area contributed by atoms with Crippen LogP contribution in [0.2, 0.25) is 0 Å². The first-order chi connectivity index (χ1) is 13.7. The largest absolute Gasteiger partial charge is 0.494 e. The zero-order valence-electron chi connectivity index (χ0n) is 17.4. The van der Waals surface area contributed by atoms with Gasteiger partial charge >= 0.3 is 5.97 Å². The second-order valence-electron chi connectivity index (χ2n) is 7.24. The molecule has 2 rings (SSSR count). The third-order valence-electron chi connectivity index (χ3n) is 4.83. The van der Waals surface area contributed by atoms with Crippen molar-refractivity contribution in [2.45, 2.75) is 71.6 Å². The molecule has 28 heavy (non-hydrogen) atoms. The average Bonchev–Trinajstić information content (AvgIpc) is 2.72. The highest BCUT2D eigenvalue weighted by molar-refractivity contribution is 5.91. The van der Waals surface area contributed by atoms with Crippen LogP contribution in [0.4, 0.5) is 0 Å². The molecular formula is C25H34O3. The van der Waals surface area contributed by atoms with Gasteiger partial charge in [-0.3, -0.25) is 0 Å². The minimum Gasteiger partial charge on any atom is -0.494 e. The van der Waals surface area contributed by atoms with E-state index in [-0.39, 0.29) is 5.97 Å². The van der Waals surface area contributed by atoms with Gasteiger partial charge in [-0.2, -0.15) is 0 Å². The first kappa shape index (κ1) is 22.0. The minimum atomic E-state index is -0.325. The Kier molecular flexibility index (Phi) is 10.2. The molecule has 0 saturated heterocycles. The van der Waals surface area contributed by atoms with Crippen LogP contribution in [0.25, 0.3) is 0 Å². The summed E-state index contributed by atoms with van der Waals surface area (Å²) in [7, 11) is 0. The lowest BCUT2D eigenvalue weighted by molar-refractivity contribution is 0.0733. The number of aryl methyl sites for hydroxylation is 1. The lowest BCUT2D eigenvalue weighted by atomic mass is 10.1. The number of para-hydroxylation sites is 1. The van der Waals surface area contributed by atoms with Crippen molar-refractivity contribution < 1.29 is 14.3 Å². The van der Waals surface area contributed by atoms with E-state index in [1.807, 2.05) is 36.4 Å². The van der Waals surface area contributed by atoms with E-state index < -0.39 is 0 Å². The first-order valence-corrected chi connectivity index (χ1v) is 10.8. The van der Waals surface area contributed by atoms with E-state index in [1.54, 1.807) is 12.1 Å². The number of unbranched alkanes of at least 4 members (excludes halogenated alkanes) is 6. The summed E-state index contributed by atoms with van der Waals surface area (Å²) in [6, 6.07) is 15.0. The Morgan fingerprint density at radius 1 is 0.786 bits per heavy atom. The number of esters is 1. The highest BCUT2D eigenvalue weighted by Crippen LogP contribution is 2.22. The molecule has 0 aromatic heterocycles. The zero-order valence-corrected chi connectivity index (χ0v) is 17.4. The number of hydrogen-bond acceptors (Lipinski definition) is 3. The topological polar surface area (TPSA) is 35.5 Å². The fraction of sp³-hybridized carbons (Fsp3) is 0.480. The Labute approximate surface area is 170 Å².